The molecule has 1 aliphatic heterocycles. The zero-order valence-electron chi connectivity index (χ0n) is 10.0. The second-order valence-corrected chi connectivity index (χ2v) is 4.97. The fraction of sp³-hybridized carbons (Fsp3) is 0.462. The monoisotopic (exact) mass is 270 g/mol. The highest BCUT2D eigenvalue weighted by molar-refractivity contribution is 6.34. The molecule has 1 saturated heterocycles. The van der Waals surface area contributed by atoms with E-state index in [2.05, 4.69) is 0 Å². The number of nitrogens with two attached hydrogens (primary N) is 1. The van der Waals surface area contributed by atoms with E-state index in [0.717, 1.165) is 12.8 Å². The van der Waals surface area contributed by atoms with Gasteiger partial charge in [-0.25, -0.2) is 4.39 Å². The van der Waals surface area contributed by atoms with Gasteiger partial charge in [-0.2, -0.15) is 0 Å². The molecule has 0 aliphatic carbocycles. The largest absolute Gasteiger partial charge is 0.338 e. The third kappa shape index (κ3) is 2.65. The van der Waals surface area contributed by atoms with Gasteiger partial charge in [-0.1, -0.05) is 17.7 Å². The van der Waals surface area contributed by atoms with Gasteiger partial charge in [0.25, 0.3) is 5.91 Å². The third-order valence-corrected chi connectivity index (χ3v) is 3.71. The third-order valence-electron chi connectivity index (χ3n) is 3.32. The molecule has 1 aromatic carbocycles. The number of likely N-dealkylation sites (tertiary alicyclic amines) is 1. The predicted molar refractivity (Wildman–Crippen MR) is 69.1 cm³/mol. The molecule has 0 spiro atoms. The van der Waals surface area contributed by atoms with Crippen LogP contribution in [0.3, 0.4) is 0 Å². The number of piperidine rings is 1. The molecule has 1 heterocycles. The minimum atomic E-state index is -0.560. The van der Waals surface area contributed by atoms with Crippen LogP contribution >= 0.6 is 11.6 Å². The molecule has 1 amide bonds. The fourth-order valence-corrected chi connectivity index (χ4v) is 2.49. The van der Waals surface area contributed by atoms with Crippen molar-refractivity contribution in [3.05, 3.63) is 34.6 Å². The lowest BCUT2D eigenvalue weighted by Crippen LogP contribution is -2.42. The van der Waals surface area contributed by atoms with Gasteiger partial charge in [-0.05, 0) is 37.4 Å². The fourth-order valence-electron chi connectivity index (χ4n) is 2.28. The summed E-state index contributed by atoms with van der Waals surface area (Å²) in [7, 11) is 0. The molecule has 2 N–H and O–H groups in total. The Labute approximate surface area is 111 Å². The van der Waals surface area contributed by atoms with Gasteiger partial charge in [0.2, 0.25) is 0 Å². The summed E-state index contributed by atoms with van der Waals surface area (Å²) in [6.45, 7) is 1.88. The number of halogens is 2. The van der Waals surface area contributed by atoms with Gasteiger partial charge in [-0.15, -0.1) is 0 Å². The normalized spacial score (nSPS) is 19.9. The molecule has 3 nitrogen and oxygen atoms in total. The van der Waals surface area contributed by atoms with Crippen LogP contribution in [0, 0.1) is 11.7 Å². The Morgan fingerprint density at radius 1 is 1.56 bits per heavy atom. The molecule has 0 bridgehead atoms. The molecule has 5 heteroatoms. The molecular weight excluding hydrogens is 255 g/mol. The van der Waals surface area contributed by atoms with Gasteiger partial charge in [0.15, 0.2) is 0 Å². The summed E-state index contributed by atoms with van der Waals surface area (Å²) in [5, 5.41) is -0.0997. The van der Waals surface area contributed by atoms with Crippen LogP contribution in [0.15, 0.2) is 18.2 Å². The van der Waals surface area contributed by atoms with Gasteiger partial charge in [0.1, 0.15) is 5.82 Å². The Morgan fingerprint density at radius 2 is 2.33 bits per heavy atom. The number of benzene rings is 1. The van der Waals surface area contributed by atoms with Gasteiger partial charge in [0, 0.05) is 13.1 Å². The highest BCUT2D eigenvalue weighted by atomic mass is 35.5. The maximum Gasteiger partial charge on any atom is 0.255 e. The maximum absolute atomic E-state index is 13.3. The number of carbonyl (C=O) groups is 1. The number of nitrogens with zero attached hydrogens (tertiary/aromatic N) is 1. The Bertz CT molecular complexity index is 453. The van der Waals surface area contributed by atoms with Crippen LogP contribution in [0.25, 0.3) is 0 Å². The van der Waals surface area contributed by atoms with Crippen molar-refractivity contribution in [2.75, 3.05) is 19.6 Å². The first-order chi connectivity index (χ1) is 8.63. The summed E-state index contributed by atoms with van der Waals surface area (Å²) >= 11 is 5.83. The van der Waals surface area contributed by atoms with Crippen LogP contribution in [-0.4, -0.2) is 30.4 Å². The van der Waals surface area contributed by atoms with E-state index in [4.69, 9.17) is 17.3 Å². The van der Waals surface area contributed by atoms with Crippen LogP contribution in [0.1, 0.15) is 23.2 Å². The first-order valence-electron chi connectivity index (χ1n) is 6.07. The molecule has 1 aliphatic rings. The summed E-state index contributed by atoms with van der Waals surface area (Å²) in [6.07, 6.45) is 1.97. The van der Waals surface area contributed by atoms with Crippen molar-refractivity contribution in [3.8, 4) is 0 Å². The summed E-state index contributed by atoms with van der Waals surface area (Å²) in [6, 6.07) is 4.30. The molecule has 2 rings (SSSR count). The molecule has 1 atom stereocenters. The van der Waals surface area contributed by atoms with Gasteiger partial charge in [-0.3, -0.25) is 4.79 Å². The van der Waals surface area contributed by atoms with Gasteiger partial charge < -0.3 is 10.6 Å². The highest BCUT2D eigenvalue weighted by Crippen LogP contribution is 2.23. The van der Waals surface area contributed by atoms with E-state index in [1.165, 1.54) is 12.1 Å². The Kier molecular flexibility index (Phi) is 4.19. The summed E-state index contributed by atoms with van der Waals surface area (Å²) in [4.78, 5) is 14.0. The molecule has 1 fully saturated rings. The van der Waals surface area contributed by atoms with Crippen LogP contribution < -0.4 is 5.73 Å². The van der Waals surface area contributed by atoms with Crippen LogP contribution in [-0.2, 0) is 0 Å². The van der Waals surface area contributed by atoms with E-state index < -0.39 is 5.82 Å². The van der Waals surface area contributed by atoms with E-state index in [0.29, 0.717) is 25.6 Å². The average molecular weight is 271 g/mol. The van der Waals surface area contributed by atoms with Crippen LogP contribution in [0.4, 0.5) is 4.39 Å². The van der Waals surface area contributed by atoms with E-state index in [9.17, 15) is 9.18 Å². The lowest BCUT2D eigenvalue weighted by Gasteiger charge is -2.32. The smallest absolute Gasteiger partial charge is 0.255 e. The van der Waals surface area contributed by atoms with E-state index in [1.54, 1.807) is 11.0 Å². The molecule has 0 aromatic heterocycles. The molecule has 1 aromatic rings. The quantitative estimate of drug-likeness (QED) is 0.896. The van der Waals surface area contributed by atoms with Crippen LogP contribution in [0.5, 0.6) is 0 Å². The van der Waals surface area contributed by atoms with Crippen molar-refractivity contribution in [1.29, 1.82) is 0 Å². The number of carbonyl (C=O) groups excluding carboxylic acids is 1. The summed E-state index contributed by atoms with van der Waals surface area (Å²) in [5.74, 6) is -0.442. The maximum atomic E-state index is 13.3. The molecule has 0 radical (unpaired) electrons. The molecule has 0 saturated carbocycles. The van der Waals surface area contributed by atoms with Crippen molar-refractivity contribution < 1.29 is 9.18 Å². The van der Waals surface area contributed by atoms with Crippen molar-refractivity contribution in [2.24, 2.45) is 11.7 Å². The van der Waals surface area contributed by atoms with Gasteiger partial charge in [0.05, 0.1) is 10.6 Å². The lowest BCUT2D eigenvalue weighted by atomic mass is 9.97. The SMILES string of the molecule is NCC1CCCN(C(=O)c2cccc(F)c2Cl)C1. The summed E-state index contributed by atoms with van der Waals surface area (Å²) < 4.78 is 13.3. The molecular formula is C13H16ClFN2O. The molecule has 18 heavy (non-hydrogen) atoms. The van der Waals surface area contributed by atoms with Crippen molar-refractivity contribution in [2.45, 2.75) is 12.8 Å². The van der Waals surface area contributed by atoms with E-state index in [1.807, 2.05) is 0 Å². The number of hydrogen-bond acceptors (Lipinski definition) is 2. The van der Waals surface area contributed by atoms with E-state index >= 15 is 0 Å². The van der Waals surface area contributed by atoms with Crippen molar-refractivity contribution in [1.82, 2.24) is 4.90 Å². The minimum absolute atomic E-state index is 0.0997. The highest BCUT2D eigenvalue weighted by Gasteiger charge is 2.25. The van der Waals surface area contributed by atoms with Crippen molar-refractivity contribution >= 4 is 17.5 Å². The number of hydrogen-bond donors (Lipinski definition) is 1. The first-order valence-corrected chi connectivity index (χ1v) is 6.44. The van der Waals surface area contributed by atoms with Crippen molar-refractivity contribution in [3.63, 3.8) is 0 Å². The second-order valence-electron chi connectivity index (χ2n) is 4.60. The number of rotatable bonds is 2. The van der Waals surface area contributed by atoms with Gasteiger partial charge >= 0.3 is 0 Å². The van der Waals surface area contributed by atoms with E-state index in [-0.39, 0.29) is 16.5 Å². The molecule has 1 unspecified atom stereocenters. The van der Waals surface area contributed by atoms with Crippen LogP contribution in [0.2, 0.25) is 5.02 Å². The first kappa shape index (κ1) is 13.3. The minimum Gasteiger partial charge on any atom is -0.338 e. The zero-order chi connectivity index (χ0) is 13.1. The topological polar surface area (TPSA) is 46.3 Å². The Balaban J connectivity index is 2.18. The number of amides is 1. The summed E-state index contributed by atoms with van der Waals surface area (Å²) in [5.41, 5.74) is 5.87. The lowest BCUT2D eigenvalue weighted by molar-refractivity contribution is 0.0678. The predicted octanol–water partition coefficient (Wildman–Crippen LogP) is 2.29. The second kappa shape index (κ2) is 5.67. The average Bonchev–Trinajstić information content (AvgIpc) is 2.41. The Hall–Kier alpha value is -1.13. The zero-order valence-corrected chi connectivity index (χ0v) is 10.8. The Morgan fingerprint density at radius 3 is 3.06 bits per heavy atom. The molecule has 98 valence electrons. The standard InChI is InChI=1S/C13H16ClFN2O/c14-12-10(4-1-5-11(12)15)13(18)17-6-2-3-9(7-16)8-17/h1,4-5,9H,2-3,6-8,16H2.